The summed E-state index contributed by atoms with van der Waals surface area (Å²) in [4.78, 5) is 10.9. The first-order valence-electron chi connectivity index (χ1n) is 4.68. The molecule has 0 aromatic heterocycles. The maximum atomic E-state index is 10.9. The topological polar surface area (TPSA) is 26.3 Å². The molecule has 0 amide bonds. The summed E-state index contributed by atoms with van der Waals surface area (Å²) < 4.78 is 4.51. The van der Waals surface area contributed by atoms with Gasteiger partial charge in [-0.05, 0) is 17.9 Å². The summed E-state index contributed by atoms with van der Waals surface area (Å²) in [5.41, 5.74) is 1.27. The number of hydrogen-bond acceptors (Lipinski definition) is 2. The van der Waals surface area contributed by atoms with Crippen LogP contribution in [0, 0.1) is 0 Å². The quantitative estimate of drug-likeness (QED) is 0.714. The monoisotopic (exact) mass is 210 g/mol. The molecular formula is C11H15O2P. The van der Waals surface area contributed by atoms with Crippen molar-refractivity contribution in [3.8, 4) is 0 Å². The molecule has 0 aliphatic carbocycles. The van der Waals surface area contributed by atoms with E-state index in [4.69, 9.17) is 0 Å². The summed E-state index contributed by atoms with van der Waals surface area (Å²) in [6, 6.07) is 10.2. The average Bonchev–Trinajstić information content (AvgIpc) is 2.26. The van der Waals surface area contributed by atoms with Crippen LogP contribution in [-0.2, 0) is 9.32 Å². The molecule has 0 aliphatic heterocycles. The molecule has 76 valence electrons. The van der Waals surface area contributed by atoms with Gasteiger partial charge in [0.25, 0.3) is 0 Å². The number of carbonyl (C=O) groups excluding carboxylic acids is 1. The Kier molecular flexibility index (Phi) is 4.61. The Hall–Kier alpha value is -0.880. The lowest BCUT2D eigenvalue weighted by molar-refractivity contribution is -0.133. The van der Waals surface area contributed by atoms with E-state index in [1.165, 1.54) is 5.56 Å². The minimum Gasteiger partial charge on any atom is -0.452 e. The molecule has 2 atom stereocenters. The molecule has 0 saturated heterocycles. The minimum absolute atomic E-state index is 0.169. The van der Waals surface area contributed by atoms with Crippen LogP contribution in [0.3, 0.4) is 0 Å². The van der Waals surface area contributed by atoms with Crippen molar-refractivity contribution in [1.29, 1.82) is 0 Å². The second-order valence-electron chi connectivity index (χ2n) is 3.34. The third-order valence-electron chi connectivity index (χ3n) is 2.28. The summed E-state index contributed by atoms with van der Waals surface area (Å²) in [7, 11) is 1.98. The van der Waals surface area contributed by atoms with Gasteiger partial charge in [-0.25, -0.2) is 0 Å². The normalized spacial score (nSPS) is 12.1. The van der Waals surface area contributed by atoms with E-state index in [-0.39, 0.29) is 5.97 Å². The van der Waals surface area contributed by atoms with Crippen molar-refractivity contribution in [3.05, 3.63) is 35.9 Å². The van der Waals surface area contributed by atoms with Crippen LogP contribution in [-0.4, -0.2) is 5.97 Å². The molecule has 0 N–H and O–H groups in total. The van der Waals surface area contributed by atoms with Crippen LogP contribution in [0.2, 0.25) is 0 Å². The van der Waals surface area contributed by atoms with E-state index in [1.807, 2.05) is 27.7 Å². The lowest BCUT2D eigenvalue weighted by atomic mass is 9.96. The van der Waals surface area contributed by atoms with Crippen LogP contribution < -0.4 is 0 Å². The molecule has 0 bridgehead atoms. The highest BCUT2D eigenvalue weighted by Gasteiger charge is 2.07. The molecule has 2 nitrogen and oxygen atoms in total. The molecule has 0 saturated carbocycles. The van der Waals surface area contributed by atoms with Crippen molar-refractivity contribution in [2.45, 2.75) is 25.7 Å². The summed E-state index contributed by atoms with van der Waals surface area (Å²) in [6.07, 6.45) is 1.30. The molecule has 1 rings (SSSR count). The lowest BCUT2D eigenvalue weighted by Gasteiger charge is -2.10. The predicted octanol–water partition coefficient (Wildman–Crippen LogP) is 2.90. The SMILES string of the molecule is CC(CCC(=O)OP)c1ccccc1. The van der Waals surface area contributed by atoms with Crippen molar-refractivity contribution in [2.24, 2.45) is 0 Å². The Morgan fingerprint density at radius 3 is 2.64 bits per heavy atom. The van der Waals surface area contributed by atoms with Crippen LogP contribution in [0.5, 0.6) is 0 Å². The molecule has 14 heavy (non-hydrogen) atoms. The van der Waals surface area contributed by atoms with Gasteiger partial charge in [0.05, 0.1) is 9.47 Å². The van der Waals surface area contributed by atoms with Crippen LogP contribution in [0.4, 0.5) is 0 Å². The lowest BCUT2D eigenvalue weighted by Crippen LogP contribution is -2.00. The molecular weight excluding hydrogens is 195 g/mol. The highest BCUT2D eigenvalue weighted by molar-refractivity contribution is 7.10. The summed E-state index contributed by atoms with van der Waals surface area (Å²) in [6.45, 7) is 2.12. The standard InChI is InChI=1S/C11H15O2P/c1-9(7-8-11(12)13-14)10-5-3-2-4-6-10/h2-6,9H,7-8,14H2,1H3. The largest absolute Gasteiger partial charge is 0.452 e. The zero-order valence-electron chi connectivity index (χ0n) is 8.27. The highest BCUT2D eigenvalue weighted by Crippen LogP contribution is 2.20. The Morgan fingerprint density at radius 2 is 2.07 bits per heavy atom. The first-order chi connectivity index (χ1) is 6.74. The molecule has 2 unspecified atom stereocenters. The maximum Gasteiger partial charge on any atom is 0.307 e. The van der Waals surface area contributed by atoms with E-state index in [0.717, 1.165) is 6.42 Å². The van der Waals surface area contributed by atoms with Crippen molar-refractivity contribution in [2.75, 3.05) is 0 Å². The zero-order chi connectivity index (χ0) is 10.4. The van der Waals surface area contributed by atoms with Crippen LogP contribution in [0.25, 0.3) is 0 Å². The number of benzene rings is 1. The Labute approximate surface area is 86.9 Å². The van der Waals surface area contributed by atoms with Gasteiger partial charge < -0.3 is 4.52 Å². The average molecular weight is 210 g/mol. The van der Waals surface area contributed by atoms with Gasteiger partial charge >= 0.3 is 5.97 Å². The maximum absolute atomic E-state index is 10.9. The number of carbonyl (C=O) groups is 1. The Bertz CT molecular complexity index is 285. The van der Waals surface area contributed by atoms with E-state index in [1.54, 1.807) is 0 Å². The van der Waals surface area contributed by atoms with E-state index < -0.39 is 0 Å². The second kappa shape index (κ2) is 5.77. The van der Waals surface area contributed by atoms with Gasteiger partial charge in [0.2, 0.25) is 0 Å². The van der Waals surface area contributed by atoms with Crippen molar-refractivity contribution < 1.29 is 9.32 Å². The number of hydrogen-bond donors (Lipinski definition) is 0. The van der Waals surface area contributed by atoms with Gasteiger partial charge in [0.1, 0.15) is 0 Å². The number of rotatable bonds is 4. The van der Waals surface area contributed by atoms with E-state index in [0.29, 0.717) is 12.3 Å². The van der Waals surface area contributed by atoms with Crippen LogP contribution >= 0.6 is 9.47 Å². The Morgan fingerprint density at radius 1 is 1.43 bits per heavy atom. The predicted molar refractivity (Wildman–Crippen MR) is 59.9 cm³/mol. The van der Waals surface area contributed by atoms with Crippen molar-refractivity contribution in [3.63, 3.8) is 0 Å². The fourth-order valence-corrected chi connectivity index (χ4v) is 1.46. The summed E-state index contributed by atoms with van der Waals surface area (Å²) in [5.74, 6) is 0.234. The molecule has 0 aliphatic rings. The Balaban J connectivity index is 2.43. The van der Waals surface area contributed by atoms with Crippen LogP contribution in [0.1, 0.15) is 31.2 Å². The van der Waals surface area contributed by atoms with Gasteiger partial charge in [0, 0.05) is 6.42 Å². The van der Waals surface area contributed by atoms with Gasteiger partial charge in [-0.3, -0.25) is 4.79 Å². The van der Waals surface area contributed by atoms with E-state index >= 15 is 0 Å². The van der Waals surface area contributed by atoms with Crippen molar-refractivity contribution in [1.82, 2.24) is 0 Å². The summed E-state index contributed by atoms with van der Waals surface area (Å²) in [5, 5.41) is 0. The second-order valence-corrected chi connectivity index (χ2v) is 3.58. The fourth-order valence-electron chi connectivity index (χ4n) is 1.34. The summed E-state index contributed by atoms with van der Waals surface area (Å²) >= 11 is 0. The van der Waals surface area contributed by atoms with Gasteiger partial charge in [-0.2, -0.15) is 0 Å². The molecule has 0 radical (unpaired) electrons. The van der Waals surface area contributed by atoms with Gasteiger partial charge in [-0.1, -0.05) is 37.3 Å². The van der Waals surface area contributed by atoms with Crippen LogP contribution in [0.15, 0.2) is 30.3 Å². The third kappa shape index (κ3) is 3.47. The third-order valence-corrected chi connectivity index (χ3v) is 2.54. The van der Waals surface area contributed by atoms with E-state index in [2.05, 4.69) is 23.6 Å². The van der Waals surface area contributed by atoms with Gasteiger partial charge in [-0.15, -0.1) is 0 Å². The van der Waals surface area contributed by atoms with Crippen molar-refractivity contribution >= 4 is 15.4 Å². The zero-order valence-corrected chi connectivity index (χ0v) is 9.43. The smallest absolute Gasteiger partial charge is 0.307 e. The first kappa shape index (κ1) is 11.2. The van der Waals surface area contributed by atoms with E-state index in [9.17, 15) is 4.79 Å². The van der Waals surface area contributed by atoms with Gasteiger partial charge in [0.15, 0.2) is 0 Å². The minimum atomic E-state index is -0.169. The molecule has 0 spiro atoms. The molecule has 1 aromatic rings. The molecule has 0 heterocycles. The fraction of sp³-hybridized carbons (Fsp3) is 0.364. The highest BCUT2D eigenvalue weighted by atomic mass is 31.0. The molecule has 3 heteroatoms. The molecule has 0 fully saturated rings. The first-order valence-corrected chi connectivity index (χ1v) is 5.15. The molecule has 1 aromatic carbocycles.